The summed E-state index contributed by atoms with van der Waals surface area (Å²) >= 11 is 0. The van der Waals surface area contributed by atoms with Gasteiger partial charge in [0.05, 0.1) is 19.3 Å². The van der Waals surface area contributed by atoms with Gasteiger partial charge in [0.15, 0.2) is 17.4 Å². The number of hydrogen-bond acceptors (Lipinski definition) is 9. The van der Waals surface area contributed by atoms with E-state index in [9.17, 15) is 9.18 Å². The smallest absolute Gasteiger partial charge is 0.327 e. The molecule has 1 aliphatic rings. The van der Waals surface area contributed by atoms with Crippen LogP contribution in [0.4, 0.5) is 16.2 Å². The Bertz CT molecular complexity index is 1160. The lowest BCUT2D eigenvalue weighted by Crippen LogP contribution is -2.44. The standard InChI is InChI=1S/C22H24FN7O3/c1-13-12-32-9-8-30(13)21-26-19(15-5-7-18(24)25-11-15)27-22(28-21)33-17-6-4-14(10-16(17)23)20(31)29(2)3/h4-7,10-11,13H,8-9,12H2,1-3H3,(H2,24,25). The molecule has 2 aromatic heterocycles. The summed E-state index contributed by atoms with van der Waals surface area (Å²) in [6.07, 6.45) is 1.54. The molecule has 1 fully saturated rings. The number of anilines is 2. The molecular weight excluding hydrogens is 429 g/mol. The molecule has 33 heavy (non-hydrogen) atoms. The van der Waals surface area contributed by atoms with E-state index in [2.05, 4.69) is 19.9 Å². The van der Waals surface area contributed by atoms with Crippen LogP contribution >= 0.6 is 0 Å². The Labute approximate surface area is 190 Å². The minimum atomic E-state index is -0.708. The Morgan fingerprint density at radius 2 is 2.06 bits per heavy atom. The first-order valence-corrected chi connectivity index (χ1v) is 10.3. The highest BCUT2D eigenvalue weighted by atomic mass is 19.1. The van der Waals surface area contributed by atoms with Crippen LogP contribution in [0.25, 0.3) is 11.4 Å². The van der Waals surface area contributed by atoms with Gasteiger partial charge in [-0.2, -0.15) is 15.0 Å². The van der Waals surface area contributed by atoms with Crippen LogP contribution in [0.3, 0.4) is 0 Å². The normalized spacial score (nSPS) is 15.9. The van der Waals surface area contributed by atoms with E-state index < -0.39 is 5.82 Å². The van der Waals surface area contributed by atoms with E-state index in [4.69, 9.17) is 15.2 Å². The molecule has 1 atom stereocenters. The van der Waals surface area contributed by atoms with Crippen LogP contribution in [-0.2, 0) is 4.74 Å². The molecule has 3 aromatic rings. The Balaban J connectivity index is 1.71. The number of nitrogens with two attached hydrogens (primary N) is 1. The van der Waals surface area contributed by atoms with E-state index in [1.165, 1.54) is 17.0 Å². The van der Waals surface area contributed by atoms with E-state index in [-0.39, 0.29) is 29.3 Å². The SMILES string of the molecule is CC1COCCN1c1nc(Oc2ccc(C(=O)N(C)C)cc2F)nc(-c2ccc(N)nc2)n1. The third-order valence-electron chi connectivity index (χ3n) is 5.06. The Kier molecular flexibility index (Phi) is 6.31. The Morgan fingerprint density at radius 1 is 1.24 bits per heavy atom. The predicted molar refractivity (Wildman–Crippen MR) is 120 cm³/mol. The van der Waals surface area contributed by atoms with Crippen molar-refractivity contribution < 1.29 is 18.7 Å². The lowest BCUT2D eigenvalue weighted by molar-refractivity contribution is 0.0827. The molecular formula is C22H24FN7O3. The first-order valence-electron chi connectivity index (χ1n) is 10.3. The van der Waals surface area contributed by atoms with E-state index in [0.29, 0.717) is 42.9 Å². The van der Waals surface area contributed by atoms with E-state index in [0.717, 1.165) is 6.07 Å². The number of carbonyl (C=O) groups excluding carboxylic acids is 1. The molecule has 1 aromatic carbocycles. The van der Waals surface area contributed by atoms with Gasteiger partial charge in [-0.15, -0.1) is 0 Å². The third kappa shape index (κ3) is 4.98. The highest BCUT2D eigenvalue weighted by molar-refractivity contribution is 5.94. The maximum absolute atomic E-state index is 14.7. The zero-order chi connectivity index (χ0) is 23.5. The molecule has 0 radical (unpaired) electrons. The number of rotatable bonds is 5. The maximum atomic E-state index is 14.7. The summed E-state index contributed by atoms with van der Waals surface area (Å²) in [5.41, 5.74) is 6.50. The fraction of sp³-hybridized carbons (Fsp3) is 0.318. The van der Waals surface area contributed by atoms with Gasteiger partial charge in [0.25, 0.3) is 5.91 Å². The summed E-state index contributed by atoms with van der Waals surface area (Å²) in [5.74, 6) is -0.0921. The van der Waals surface area contributed by atoms with Crippen LogP contribution in [0.5, 0.6) is 11.8 Å². The van der Waals surface area contributed by atoms with Crippen molar-refractivity contribution in [1.29, 1.82) is 0 Å². The molecule has 1 amide bonds. The van der Waals surface area contributed by atoms with Gasteiger partial charge in [0, 0.05) is 38.0 Å². The highest BCUT2D eigenvalue weighted by Crippen LogP contribution is 2.27. The second kappa shape index (κ2) is 9.33. The third-order valence-corrected chi connectivity index (χ3v) is 5.06. The predicted octanol–water partition coefficient (Wildman–Crippen LogP) is 2.37. The summed E-state index contributed by atoms with van der Waals surface area (Å²) in [6, 6.07) is 7.28. The van der Waals surface area contributed by atoms with Crippen LogP contribution in [0.2, 0.25) is 0 Å². The largest absolute Gasteiger partial charge is 0.421 e. The minimum absolute atomic E-state index is 0.0273. The fourth-order valence-corrected chi connectivity index (χ4v) is 3.28. The number of hydrogen-bond donors (Lipinski definition) is 1. The second-order valence-electron chi connectivity index (χ2n) is 7.78. The van der Waals surface area contributed by atoms with Crippen molar-refractivity contribution in [1.82, 2.24) is 24.8 Å². The summed E-state index contributed by atoms with van der Waals surface area (Å²) < 4.78 is 25.9. The highest BCUT2D eigenvalue weighted by Gasteiger charge is 2.24. The van der Waals surface area contributed by atoms with E-state index >= 15 is 0 Å². The van der Waals surface area contributed by atoms with Gasteiger partial charge in [-0.25, -0.2) is 9.37 Å². The van der Waals surface area contributed by atoms with Crippen LogP contribution in [0.15, 0.2) is 36.5 Å². The number of amides is 1. The number of halogens is 1. The van der Waals surface area contributed by atoms with E-state index in [1.54, 1.807) is 32.4 Å². The molecule has 0 aliphatic carbocycles. The lowest BCUT2D eigenvalue weighted by Gasteiger charge is -2.33. The van der Waals surface area contributed by atoms with Gasteiger partial charge in [0.1, 0.15) is 5.82 Å². The summed E-state index contributed by atoms with van der Waals surface area (Å²) in [6.45, 7) is 3.63. The summed E-state index contributed by atoms with van der Waals surface area (Å²) in [7, 11) is 3.19. The molecule has 11 heteroatoms. The first-order chi connectivity index (χ1) is 15.8. The number of aromatic nitrogens is 4. The summed E-state index contributed by atoms with van der Waals surface area (Å²) in [4.78, 5) is 32.9. The lowest BCUT2D eigenvalue weighted by atomic mass is 10.2. The Morgan fingerprint density at radius 3 is 2.73 bits per heavy atom. The Hall–Kier alpha value is -3.86. The quantitative estimate of drug-likeness (QED) is 0.621. The van der Waals surface area contributed by atoms with E-state index in [1.807, 2.05) is 11.8 Å². The van der Waals surface area contributed by atoms with Crippen molar-refractivity contribution in [3.63, 3.8) is 0 Å². The molecule has 2 N–H and O–H groups in total. The molecule has 0 spiro atoms. The number of pyridine rings is 1. The first kappa shape index (κ1) is 22.3. The number of nitrogen functional groups attached to an aromatic ring is 1. The van der Waals surface area contributed by atoms with Crippen LogP contribution in [-0.4, -0.2) is 70.6 Å². The minimum Gasteiger partial charge on any atom is -0.421 e. The zero-order valence-corrected chi connectivity index (χ0v) is 18.5. The number of ether oxygens (including phenoxy) is 2. The average Bonchev–Trinajstić information content (AvgIpc) is 2.80. The maximum Gasteiger partial charge on any atom is 0.327 e. The fourth-order valence-electron chi connectivity index (χ4n) is 3.28. The number of carbonyl (C=O) groups is 1. The average molecular weight is 453 g/mol. The van der Waals surface area contributed by atoms with Gasteiger partial charge in [-0.3, -0.25) is 4.79 Å². The van der Waals surface area contributed by atoms with Crippen molar-refractivity contribution in [2.45, 2.75) is 13.0 Å². The molecule has 3 heterocycles. The monoisotopic (exact) mass is 453 g/mol. The number of benzene rings is 1. The van der Waals surface area contributed by atoms with Gasteiger partial charge in [-0.05, 0) is 37.3 Å². The second-order valence-corrected chi connectivity index (χ2v) is 7.78. The van der Waals surface area contributed by atoms with Crippen LogP contribution in [0, 0.1) is 5.82 Å². The van der Waals surface area contributed by atoms with Crippen molar-refractivity contribution in [2.24, 2.45) is 0 Å². The molecule has 0 bridgehead atoms. The molecule has 1 saturated heterocycles. The molecule has 0 saturated carbocycles. The van der Waals surface area contributed by atoms with Gasteiger partial charge in [-0.1, -0.05) is 0 Å². The number of nitrogens with zero attached hydrogens (tertiary/aromatic N) is 6. The van der Waals surface area contributed by atoms with Crippen molar-refractivity contribution in [3.8, 4) is 23.1 Å². The number of morpholine rings is 1. The van der Waals surface area contributed by atoms with Crippen molar-refractivity contribution >= 4 is 17.7 Å². The van der Waals surface area contributed by atoms with Gasteiger partial charge in [0.2, 0.25) is 5.95 Å². The van der Waals surface area contributed by atoms with Gasteiger partial charge >= 0.3 is 6.01 Å². The van der Waals surface area contributed by atoms with Crippen molar-refractivity contribution in [2.75, 3.05) is 44.5 Å². The topological polar surface area (TPSA) is 120 Å². The molecule has 1 unspecified atom stereocenters. The molecule has 172 valence electrons. The summed E-state index contributed by atoms with van der Waals surface area (Å²) in [5, 5.41) is 0. The van der Waals surface area contributed by atoms with Crippen molar-refractivity contribution in [3.05, 3.63) is 47.9 Å². The van der Waals surface area contributed by atoms with Gasteiger partial charge < -0.3 is 25.0 Å². The van der Waals surface area contributed by atoms with Crippen LogP contribution < -0.4 is 15.4 Å². The zero-order valence-electron chi connectivity index (χ0n) is 18.5. The van der Waals surface area contributed by atoms with Crippen LogP contribution in [0.1, 0.15) is 17.3 Å². The molecule has 1 aliphatic heterocycles. The molecule has 10 nitrogen and oxygen atoms in total. The molecule has 4 rings (SSSR count).